The number of nitriles is 1. The first-order valence-electron chi connectivity index (χ1n) is 9.32. The van der Waals surface area contributed by atoms with Gasteiger partial charge in [0.1, 0.15) is 6.07 Å². The standard InChI is InChI=1S/C24H24INS/c1-16-13-24(25)17(2)12-20(16)10-11-23(15-26)27-18(3)21-9-8-19-6-4-5-7-22(19)14-21/h8-9,11-14H,3-7,10H2,1-2H3/b23-11+. The van der Waals surface area contributed by atoms with Crippen LogP contribution in [-0.4, -0.2) is 0 Å². The average Bonchev–Trinajstić information content (AvgIpc) is 2.68. The van der Waals surface area contributed by atoms with Crippen LogP contribution in [0.25, 0.3) is 4.91 Å². The summed E-state index contributed by atoms with van der Waals surface area (Å²) in [5.41, 5.74) is 7.91. The zero-order valence-corrected chi connectivity index (χ0v) is 18.9. The van der Waals surface area contributed by atoms with E-state index in [0.29, 0.717) is 4.91 Å². The first kappa shape index (κ1) is 20.2. The summed E-state index contributed by atoms with van der Waals surface area (Å²) in [5.74, 6) is 0. The maximum atomic E-state index is 9.58. The van der Waals surface area contributed by atoms with Gasteiger partial charge in [0, 0.05) is 8.48 Å². The van der Waals surface area contributed by atoms with Gasteiger partial charge in [-0.1, -0.05) is 48.7 Å². The van der Waals surface area contributed by atoms with Crippen LogP contribution < -0.4 is 0 Å². The molecule has 0 atom stereocenters. The molecule has 1 nitrogen and oxygen atoms in total. The number of thioether (sulfide) groups is 1. The Morgan fingerprint density at radius 2 is 1.89 bits per heavy atom. The largest absolute Gasteiger partial charge is 0.192 e. The third-order valence-electron chi connectivity index (χ3n) is 5.14. The molecule has 3 rings (SSSR count). The predicted molar refractivity (Wildman–Crippen MR) is 126 cm³/mol. The lowest BCUT2D eigenvalue weighted by Crippen LogP contribution is -2.02. The van der Waals surface area contributed by atoms with Crippen molar-refractivity contribution in [3.8, 4) is 6.07 Å². The van der Waals surface area contributed by atoms with Crippen molar-refractivity contribution in [2.75, 3.05) is 0 Å². The second-order valence-electron chi connectivity index (χ2n) is 7.13. The molecule has 0 N–H and O–H groups in total. The summed E-state index contributed by atoms with van der Waals surface area (Å²) in [6.45, 7) is 8.50. The second kappa shape index (κ2) is 9.12. The van der Waals surface area contributed by atoms with E-state index in [2.05, 4.69) is 79.4 Å². The minimum atomic E-state index is 0.716. The van der Waals surface area contributed by atoms with Crippen LogP contribution in [0.4, 0.5) is 0 Å². The summed E-state index contributed by atoms with van der Waals surface area (Å²) in [6, 6.07) is 13.4. The number of hydrogen-bond donors (Lipinski definition) is 0. The van der Waals surface area contributed by atoms with Crippen molar-refractivity contribution < 1.29 is 0 Å². The van der Waals surface area contributed by atoms with E-state index in [1.54, 1.807) is 0 Å². The molecule has 0 saturated heterocycles. The molecule has 27 heavy (non-hydrogen) atoms. The zero-order chi connectivity index (χ0) is 19.4. The van der Waals surface area contributed by atoms with Gasteiger partial charge >= 0.3 is 0 Å². The van der Waals surface area contributed by atoms with Crippen LogP contribution in [0.15, 0.2) is 47.9 Å². The van der Waals surface area contributed by atoms with Gasteiger partial charge in [0.25, 0.3) is 0 Å². The van der Waals surface area contributed by atoms with Gasteiger partial charge in [0.2, 0.25) is 0 Å². The number of benzene rings is 2. The molecule has 2 aromatic carbocycles. The lowest BCUT2D eigenvalue weighted by atomic mass is 9.90. The lowest BCUT2D eigenvalue weighted by Gasteiger charge is -2.17. The fraction of sp³-hybridized carbons (Fsp3) is 0.292. The van der Waals surface area contributed by atoms with Crippen molar-refractivity contribution in [1.82, 2.24) is 0 Å². The minimum absolute atomic E-state index is 0.716. The van der Waals surface area contributed by atoms with Crippen molar-refractivity contribution in [3.05, 3.63) is 84.8 Å². The molecule has 0 radical (unpaired) electrons. The summed E-state index contributed by atoms with van der Waals surface area (Å²) in [7, 11) is 0. The topological polar surface area (TPSA) is 23.8 Å². The van der Waals surface area contributed by atoms with E-state index in [-0.39, 0.29) is 0 Å². The Kier molecular flexibility index (Phi) is 6.83. The van der Waals surface area contributed by atoms with Gasteiger partial charge in [0.15, 0.2) is 0 Å². The first-order valence-corrected chi connectivity index (χ1v) is 11.2. The van der Waals surface area contributed by atoms with E-state index in [9.17, 15) is 5.26 Å². The molecule has 138 valence electrons. The van der Waals surface area contributed by atoms with Gasteiger partial charge in [-0.2, -0.15) is 5.26 Å². The molecule has 1 aliphatic rings. The quantitative estimate of drug-likeness (QED) is 0.332. The summed E-state index contributed by atoms with van der Waals surface area (Å²) < 4.78 is 1.29. The van der Waals surface area contributed by atoms with Gasteiger partial charge in [-0.05, 0) is 108 Å². The Labute approximate surface area is 180 Å². The summed E-state index contributed by atoms with van der Waals surface area (Å²) in [4.78, 5) is 1.67. The predicted octanol–water partition coefficient (Wildman–Crippen LogP) is 7.14. The molecule has 0 amide bonds. The number of hydrogen-bond acceptors (Lipinski definition) is 2. The van der Waals surface area contributed by atoms with E-state index < -0.39 is 0 Å². The molecule has 0 aromatic heterocycles. The maximum absolute atomic E-state index is 9.58. The lowest BCUT2D eigenvalue weighted by molar-refractivity contribution is 0.685. The zero-order valence-electron chi connectivity index (χ0n) is 15.9. The Bertz CT molecular complexity index is 950. The molecule has 3 heteroatoms. The SMILES string of the molecule is C=C(S/C(C#N)=C/Cc1cc(C)c(I)cc1C)c1ccc2c(c1)CCCC2. The molecule has 0 bridgehead atoms. The van der Waals surface area contributed by atoms with Gasteiger partial charge in [-0.15, -0.1) is 0 Å². The number of nitrogens with zero attached hydrogens (tertiary/aromatic N) is 1. The minimum Gasteiger partial charge on any atom is -0.192 e. The number of halogens is 1. The van der Waals surface area contributed by atoms with Crippen LogP contribution in [0, 0.1) is 28.7 Å². The second-order valence-corrected chi connectivity index (χ2v) is 9.43. The number of rotatable bonds is 5. The number of allylic oxidation sites excluding steroid dienone is 2. The van der Waals surface area contributed by atoms with Crippen LogP contribution in [0.1, 0.15) is 46.2 Å². The van der Waals surface area contributed by atoms with Crippen LogP contribution in [0.5, 0.6) is 0 Å². The molecule has 0 heterocycles. The highest BCUT2D eigenvalue weighted by Crippen LogP contribution is 2.34. The van der Waals surface area contributed by atoms with Gasteiger partial charge < -0.3 is 0 Å². The highest BCUT2D eigenvalue weighted by Gasteiger charge is 2.12. The Balaban J connectivity index is 1.73. The molecule has 1 aliphatic carbocycles. The molecule has 0 spiro atoms. The van der Waals surface area contributed by atoms with Gasteiger partial charge in [-0.25, -0.2) is 0 Å². The molecular formula is C24H24INS. The van der Waals surface area contributed by atoms with Crippen LogP contribution >= 0.6 is 34.4 Å². The molecular weight excluding hydrogens is 461 g/mol. The Morgan fingerprint density at radius 3 is 2.63 bits per heavy atom. The maximum Gasteiger partial charge on any atom is 0.106 e. The molecule has 0 aliphatic heterocycles. The normalized spacial score (nSPS) is 13.8. The number of aryl methyl sites for hydroxylation is 4. The smallest absolute Gasteiger partial charge is 0.106 e. The van der Waals surface area contributed by atoms with Gasteiger partial charge in [-0.3, -0.25) is 0 Å². The molecule has 0 saturated carbocycles. The van der Waals surface area contributed by atoms with Gasteiger partial charge in [0.05, 0.1) is 4.91 Å². The van der Waals surface area contributed by atoms with Crippen molar-refractivity contribution in [2.45, 2.75) is 46.0 Å². The van der Waals surface area contributed by atoms with E-state index in [4.69, 9.17) is 0 Å². The monoisotopic (exact) mass is 485 g/mol. The third-order valence-corrected chi connectivity index (χ3v) is 7.26. The molecule has 0 unspecified atom stereocenters. The van der Waals surface area contributed by atoms with Crippen molar-refractivity contribution >= 4 is 39.3 Å². The van der Waals surface area contributed by atoms with Crippen LogP contribution in [-0.2, 0) is 19.3 Å². The van der Waals surface area contributed by atoms with E-state index in [0.717, 1.165) is 23.3 Å². The Hall–Kier alpha value is -1.51. The molecule has 2 aromatic rings. The third kappa shape index (κ3) is 5.06. The highest BCUT2D eigenvalue weighted by molar-refractivity contribution is 14.1. The fourth-order valence-electron chi connectivity index (χ4n) is 3.47. The summed E-state index contributed by atoms with van der Waals surface area (Å²) >= 11 is 3.85. The summed E-state index contributed by atoms with van der Waals surface area (Å²) in [5, 5.41) is 9.58. The van der Waals surface area contributed by atoms with Crippen molar-refractivity contribution in [3.63, 3.8) is 0 Å². The Morgan fingerprint density at radius 1 is 1.15 bits per heavy atom. The van der Waals surface area contributed by atoms with E-state index >= 15 is 0 Å². The van der Waals surface area contributed by atoms with E-state index in [1.807, 2.05) is 6.08 Å². The summed E-state index contributed by atoms with van der Waals surface area (Å²) in [6.07, 6.45) is 7.72. The molecule has 0 fully saturated rings. The number of fused-ring (bicyclic) bond motifs is 1. The highest BCUT2D eigenvalue weighted by atomic mass is 127. The van der Waals surface area contributed by atoms with Crippen molar-refractivity contribution in [1.29, 1.82) is 5.26 Å². The fourth-order valence-corrected chi connectivity index (χ4v) is 4.82. The van der Waals surface area contributed by atoms with Crippen molar-refractivity contribution in [2.24, 2.45) is 0 Å². The first-order chi connectivity index (χ1) is 13.0. The van der Waals surface area contributed by atoms with Crippen LogP contribution in [0.2, 0.25) is 0 Å². The van der Waals surface area contributed by atoms with Crippen LogP contribution in [0.3, 0.4) is 0 Å². The average molecular weight is 485 g/mol. The van der Waals surface area contributed by atoms with E-state index in [1.165, 1.54) is 62.4 Å².